The Hall–Kier alpha value is -1.78. The van der Waals surface area contributed by atoms with E-state index in [1.807, 2.05) is 0 Å². The van der Waals surface area contributed by atoms with Crippen LogP contribution < -0.4 is 16.4 Å². The molecule has 4 N–H and O–H groups in total. The Bertz CT molecular complexity index is 403. The zero-order valence-electron chi connectivity index (χ0n) is 10.6. The fourth-order valence-corrected chi connectivity index (χ4v) is 1.68. The first-order chi connectivity index (χ1) is 7.97. The second-order valence-electron chi connectivity index (χ2n) is 4.26. The molecule has 0 saturated heterocycles. The van der Waals surface area contributed by atoms with E-state index in [9.17, 15) is 4.79 Å². The fraction of sp³-hybridized carbons (Fsp3) is 0.500. The van der Waals surface area contributed by atoms with E-state index in [4.69, 9.17) is 11.5 Å². The van der Waals surface area contributed by atoms with Crippen molar-refractivity contribution in [3.05, 3.63) is 17.8 Å². The summed E-state index contributed by atoms with van der Waals surface area (Å²) in [5, 5.41) is 0. The molecular weight excluding hydrogens is 216 g/mol. The van der Waals surface area contributed by atoms with Crippen LogP contribution in [0.2, 0.25) is 0 Å². The lowest BCUT2D eigenvalue weighted by molar-refractivity contribution is 0.0995. The molecular formula is C12H20N4O. The van der Waals surface area contributed by atoms with E-state index in [2.05, 4.69) is 30.7 Å². The molecule has 1 rings (SSSR count). The summed E-state index contributed by atoms with van der Waals surface area (Å²) in [6, 6.07) is 3.49. The van der Waals surface area contributed by atoms with Crippen molar-refractivity contribution >= 4 is 17.4 Å². The molecule has 5 heteroatoms. The third-order valence-corrected chi connectivity index (χ3v) is 2.52. The molecule has 0 bridgehead atoms. The molecule has 94 valence electrons. The van der Waals surface area contributed by atoms with Crippen LogP contribution in [0.3, 0.4) is 0 Å². The first-order valence-electron chi connectivity index (χ1n) is 5.80. The number of anilines is 2. The van der Waals surface area contributed by atoms with Crippen LogP contribution in [-0.4, -0.2) is 23.5 Å². The number of nitrogens with two attached hydrogens (primary N) is 2. The number of pyridine rings is 1. The maximum atomic E-state index is 11.1. The van der Waals surface area contributed by atoms with Gasteiger partial charge in [-0.05, 0) is 32.4 Å². The Kier molecular flexibility index (Phi) is 4.31. The third-order valence-electron chi connectivity index (χ3n) is 2.52. The highest BCUT2D eigenvalue weighted by Gasteiger charge is 2.16. The number of amides is 1. The number of rotatable bonds is 5. The number of carbonyl (C=O) groups excluding carboxylic acids is 1. The third kappa shape index (κ3) is 3.09. The van der Waals surface area contributed by atoms with Crippen molar-refractivity contribution in [2.75, 3.05) is 17.2 Å². The van der Waals surface area contributed by atoms with E-state index in [0.29, 0.717) is 11.5 Å². The minimum Gasteiger partial charge on any atom is -0.396 e. The first-order valence-corrected chi connectivity index (χ1v) is 5.80. The average molecular weight is 236 g/mol. The van der Waals surface area contributed by atoms with Crippen molar-refractivity contribution in [2.24, 2.45) is 5.73 Å². The molecule has 0 spiro atoms. The van der Waals surface area contributed by atoms with Crippen LogP contribution in [0.4, 0.5) is 11.5 Å². The number of hydrogen-bond acceptors (Lipinski definition) is 4. The summed E-state index contributed by atoms with van der Waals surface area (Å²) in [6.07, 6.45) is 0.986. The predicted octanol–water partition coefficient (Wildman–Crippen LogP) is 1.39. The van der Waals surface area contributed by atoms with Gasteiger partial charge in [-0.15, -0.1) is 0 Å². The molecule has 0 aliphatic carbocycles. The Morgan fingerprint density at radius 1 is 1.47 bits per heavy atom. The van der Waals surface area contributed by atoms with Crippen molar-refractivity contribution in [2.45, 2.75) is 33.2 Å². The van der Waals surface area contributed by atoms with Crippen molar-refractivity contribution in [1.29, 1.82) is 0 Å². The maximum absolute atomic E-state index is 11.1. The van der Waals surface area contributed by atoms with Crippen LogP contribution in [0.1, 0.15) is 37.7 Å². The summed E-state index contributed by atoms with van der Waals surface area (Å²) in [7, 11) is 0. The van der Waals surface area contributed by atoms with Crippen molar-refractivity contribution in [1.82, 2.24) is 4.98 Å². The zero-order chi connectivity index (χ0) is 13.0. The second kappa shape index (κ2) is 5.52. The summed E-state index contributed by atoms with van der Waals surface area (Å²) >= 11 is 0. The summed E-state index contributed by atoms with van der Waals surface area (Å²) in [5.74, 6) is 0.101. The molecule has 1 aromatic rings. The maximum Gasteiger partial charge on any atom is 0.267 e. The van der Waals surface area contributed by atoms with Crippen LogP contribution in [0.25, 0.3) is 0 Å². The molecule has 0 aliphatic heterocycles. The Morgan fingerprint density at radius 3 is 2.59 bits per heavy atom. The van der Waals surface area contributed by atoms with Crippen LogP contribution in [-0.2, 0) is 0 Å². The van der Waals surface area contributed by atoms with Gasteiger partial charge in [-0.1, -0.05) is 6.92 Å². The van der Waals surface area contributed by atoms with E-state index >= 15 is 0 Å². The Labute approximate surface area is 102 Å². The number of hydrogen-bond donors (Lipinski definition) is 2. The van der Waals surface area contributed by atoms with E-state index in [0.717, 1.165) is 13.0 Å². The summed E-state index contributed by atoms with van der Waals surface area (Å²) < 4.78 is 0. The Balaban J connectivity index is 3.16. The molecule has 1 aromatic heterocycles. The zero-order valence-corrected chi connectivity index (χ0v) is 10.6. The lowest BCUT2D eigenvalue weighted by atomic mass is 10.2. The van der Waals surface area contributed by atoms with Gasteiger partial charge in [-0.25, -0.2) is 4.98 Å². The topological polar surface area (TPSA) is 85.2 Å². The van der Waals surface area contributed by atoms with Gasteiger partial charge in [0.15, 0.2) is 5.82 Å². The number of nitrogen functional groups attached to an aromatic ring is 1. The minimum atomic E-state index is -0.536. The minimum absolute atomic E-state index is 0.246. The highest BCUT2D eigenvalue weighted by Crippen LogP contribution is 2.23. The smallest absolute Gasteiger partial charge is 0.267 e. The van der Waals surface area contributed by atoms with Crippen LogP contribution in [0.15, 0.2) is 12.1 Å². The Morgan fingerprint density at radius 2 is 2.12 bits per heavy atom. The molecule has 1 amide bonds. The monoisotopic (exact) mass is 236 g/mol. The molecule has 0 atom stereocenters. The number of aromatic nitrogens is 1. The van der Waals surface area contributed by atoms with Gasteiger partial charge in [0.25, 0.3) is 5.91 Å². The lowest BCUT2D eigenvalue weighted by Crippen LogP contribution is -2.33. The van der Waals surface area contributed by atoms with Crippen molar-refractivity contribution < 1.29 is 4.79 Å². The van der Waals surface area contributed by atoms with Gasteiger partial charge in [-0.2, -0.15) is 0 Å². The number of carbonyl (C=O) groups is 1. The number of nitrogens with zero attached hydrogens (tertiary/aromatic N) is 2. The van der Waals surface area contributed by atoms with Crippen LogP contribution in [0.5, 0.6) is 0 Å². The highest BCUT2D eigenvalue weighted by atomic mass is 16.1. The van der Waals surface area contributed by atoms with Gasteiger partial charge in [0.05, 0.1) is 5.69 Å². The lowest BCUT2D eigenvalue weighted by Gasteiger charge is -2.28. The SMILES string of the molecule is CCCN(c1nc(C(N)=O)ccc1N)C(C)C. The fourth-order valence-electron chi connectivity index (χ4n) is 1.68. The standard InChI is InChI=1S/C12H20N4O/c1-4-7-16(8(2)3)12-9(13)5-6-10(15-12)11(14)17/h5-6,8H,4,7,13H2,1-3H3,(H2,14,17). The van der Waals surface area contributed by atoms with Crippen molar-refractivity contribution in [3.63, 3.8) is 0 Å². The van der Waals surface area contributed by atoms with Crippen LogP contribution >= 0.6 is 0 Å². The van der Waals surface area contributed by atoms with E-state index in [1.165, 1.54) is 0 Å². The number of primary amides is 1. The molecule has 0 fully saturated rings. The van der Waals surface area contributed by atoms with Gasteiger partial charge in [0.2, 0.25) is 0 Å². The molecule has 0 aliphatic rings. The molecule has 0 unspecified atom stereocenters. The first kappa shape index (κ1) is 13.3. The van der Waals surface area contributed by atoms with E-state index < -0.39 is 5.91 Å². The predicted molar refractivity (Wildman–Crippen MR) is 69.9 cm³/mol. The molecule has 0 radical (unpaired) electrons. The molecule has 5 nitrogen and oxygen atoms in total. The van der Waals surface area contributed by atoms with Crippen LogP contribution in [0, 0.1) is 0 Å². The normalized spacial score (nSPS) is 10.6. The quantitative estimate of drug-likeness (QED) is 0.809. The summed E-state index contributed by atoms with van der Waals surface area (Å²) in [4.78, 5) is 17.4. The molecule has 17 heavy (non-hydrogen) atoms. The molecule has 0 saturated carbocycles. The highest BCUT2D eigenvalue weighted by molar-refractivity contribution is 5.91. The molecule has 1 heterocycles. The van der Waals surface area contributed by atoms with Crippen molar-refractivity contribution in [3.8, 4) is 0 Å². The summed E-state index contributed by atoms with van der Waals surface area (Å²) in [6.45, 7) is 7.06. The van der Waals surface area contributed by atoms with Gasteiger partial charge in [-0.3, -0.25) is 4.79 Å². The van der Waals surface area contributed by atoms with Gasteiger partial charge in [0, 0.05) is 12.6 Å². The largest absolute Gasteiger partial charge is 0.396 e. The van der Waals surface area contributed by atoms with E-state index in [1.54, 1.807) is 12.1 Å². The second-order valence-corrected chi connectivity index (χ2v) is 4.26. The molecule has 0 aromatic carbocycles. The summed E-state index contributed by atoms with van der Waals surface area (Å²) in [5.41, 5.74) is 11.9. The van der Waals surface area contributed by atoms with Gasteiger partial charge in [0.1, 0.15) is 5.69 Å². The van der Waals surface area contributed by atoms with Gasteiger partial charge >= 0.3 is 0 Å². The van der Waals surface area contributed by atoms with E-state index in [-0.39, 0.29) is 11.7 Å². The van der Waals surface area contributed by atoms with Gasteiger partial charge < -0.3 is 16.4 Å². The average Bonchev–Trinajstić information content (AvgIpc) is 2.26.